The van der Waals surface area contributed by atoms with E-state index in [9.17, 15) is 13.2 Å². The quantitative estimate of drug-likeness (QED) is 0.606. The number of nitrogen functional groups attached to an aromatic ring is 1. The Labute approximate surface area is 90.4 Å². The topological polar surface area (TPSA) is 67.1 Å². The third-order valence-electron chi connectivity index (χ3n) is 1.85. The molecule has 3 N–H and O–H groups in total. The predicted octanol–water partition coefficient (Wildman–Crippen LogP) is 1.07. The third-order valence-corrected chi connectivity index (χ3v) is 1.85. The molecule has 1 aromatic rings. The molecule has 1 aromatic heterocycles. The second kappa shape index (κ2) is 4.52. The Balaban J connectivity index is 2.93. The number of anilines is 2. The van der Waals surface area contributed by atoms with E-state index in [0.29, 0.717) is 5.56 Å². The average Bonchev–Trinajstić information content (AvgIpc) is 2.15. The first-order chi connectivity index (χ1) is 7.33. The lowest BCUT2D eigenvalue weighted by Gasteiger charge is -2.21. The molecule has 0 atom stereocenters. The van der Waals surface area contributed by atoms with Crippen LogP contribution in [0.15, 0.2) is 6.20 Å². The van der Waals surface area contributed by atoms with E-state index < -0.39 is 12.7 Å². The van der Waals surface area contributed by atoms with Crippen molar-refractivity contribution in [2.75, 3.05) is 23.9 Å². The highest BCUT2D eigenvalue weighted by atomic mass is 19.4. The van der Waals surface area contributed by atoms with Crippen LogP contribution in [-0.4, -0.2) is 29.7 Å². The van der Waals surface area contributed by atoms with Crippen molar-refractivity contribution in [3.05, 3.63) is 11.8 Å². The summed E-state index contributed by atoms with van der Waals surface area (Å²) in [6, 6.07) is 0. The molecule has 16 heavy (non-hydrogen) atoms. The lowest BCUT2D eigenvalue weighted by atomic mass is 10.3. The minimum absolute atomic E-state index is 0.0784. The van der Waals surface area contributed by atoms with Gasteiger partial charge in [0.25, 0.3) is 0 Å². The van der Waals surface area contributed by atoms with Crippen LogP contribution in [0.4, 0.5) is 24.9 Å². The van der Waals surface area contributed by atoms with Crippen molar-refractivity contribution >= 4 is 11.8 Å². The summed E-state index contributed by atoms with van der Waals surface area (Å²) in [5.41, 5.74) is 2.73. The second-order valence-electron chi connectivity index (χ2n) is 3.32. The van der Waals surface area contributed by atoms with Gasteiger partial charge in [-0.25, -0.2) is 10.8 Å². The zero-order valence-electron chi connectivity index (χ0n) is 8.84. The van der Waals surface area contributed by atoms with Gasteiger partial charge in [-0.05, 0) is 6.92 Å². The number of rotatable bonds is 3. The summed E-state index contributed by atoms with van der Waals surface area (Å²) in [5, 5.41) is 0. The Kier molecular flexibility index (Phi) is 3.53. The van der Waals surface area contributed by atoms with Crippen LogP contribution in [0, 0.1) is 6.92 Å². The van der Waals surface area contributed by atoms with E-state index in [0.717, 1.165) is 4.90 Å². The van der Waals surface area contributed by atoms with Gasteiger partial charge in [-0.2, -0.15) is 18.2 Å². The summed E-state index contributed by atoms with van der Waals surface area (Å²) < 4.78 is 36.5. The van der Waals surface area contributed by atoms with Crippen LogP contribution in [0.1, 0.15) is 5.56 Å². The second-order valence-corrected chi connectivity index (χ2v) is 3.32. The maximum atomic E-state index is 12.2. The predicted molar refractivity (Wildman–Crippen MR) is 53.9 cm³/mol. The molecule has 0 aliphatic carbocycles. The zero-order chi connectivity index (χ0) is 12.3. The van der Waals surface area contributed by atoms with E-state index in [1.165, 1.54) is 13.2 Å². The van der Waals surface area contributed by atoms with Crippen molar-refractivity contribution in [1.82, 2.24) is 9.97 Å². The highest BCUT2D eigenvalue weighted by molar-refractivity contribution is 5.48. The lowest BCUT2D eigenvalue weighted by Crippen LogP contribution is -2.32. The van der Waals surface area contributed by atoms with E-state index in [-0.39, 0.29) is 11.8 Å². The fourth-order valence-electron chi connectivity index (χ4n) is 1.23. The number of nitrogens with one attached hydrogen (secondary N) is 1. The molecule has 8 heteroatoms. The third kappa shape index (κ3) is 3.23. The number of alkyl halides is 3. The molecule has 90 valence electrons. The molecular formula is C8H12F3N5. The fraction of sp³-hybridized carbons (Fsp3) is 0.500. The molecule has 0 fully saturated rings. The largest absolute Gasteiger partial charge is 0.405 e. The molecule has 1 rings (SSSR count). The van der Waals surface area contributed by atoms with E-state index >= 15 is 0 Å². The number of hydrazine groups is 1. The van der Waals surface area contributed by atoms with Crippen LogP contribution in [0.5, 0.6) is 0 Å². The van der Waals surface area contributed by atoms with Gasteiger partial charge in [0.05, 0.1) is 0 Å². The van der Waals surface area contributed by atoms with Crippen LogP contribution in [0.25, 0.3) is 0 Å². The normalized spacial score (nSPS) is 11.4. The first-order valence-corrected chi connectivity index (χ1v) is 4.41. The Hall–Kier alpha value is -1.57. The number of aromatic nitrogens is 2. The van der Waals surface area contributed by atoms with Crippen LogP contribution >= 0.6 is 0 Å². The number of nitrogens with zero attached hydrogens (tertiary/aromatic N) is 3. The average molecular weight is 235 g/mol. The van der Waals surface area contributed by atoms with Gasteiger partial charge in [0.15, 0.2) is 0 Å². The number of halogens is 3. The van der Waals surface area contributed by atoms with Gasteiger partial charge in [0.1, 0.15) is 12.4 Å². The molecule has 0 aliphatic rings. The van der Waals surface area contributed by atoms with Gasteiger partial charge in [-0.1, -0.05) is 0 Å². The van der Waals surface area contributed by atoms with Gasteiger partial charge in [0, 0.05) is 18.8 Å². The molecule has 0 unspecified atom stereocenters. The van der Waals surface area contributed by atoms with Gasteiger partial charge < -0.3 is 4.90 Å². The molecule has 0 aromatic carbocycles. The van der Waals surface area contributed by atoms with Crippen molar-refractivity contribution in [3.8, 4) is 0 Å². The molecule has 0 amide bonds. The smallest absolute Gasteiger partial charge is 0.350 e. The minimum atomic E-state index is -4.28. The lowest BCUT2D eigenvalue weighted by molar-refractivity contribution is -0.119. The number of aryl methyl sites for hydroxylation is 1. The number of hydrogen-bond donors (Lipinski definition) is 2. The maximum absolute atomic E-state index is 12.2. The van der Waals surface area contributed by atoms with Crippen LogP contribution in [0.3, 0.4) is 0 Å². The van der Waals surface area contributed by atoms with Crippen molar-refractivity contribution in [2.45, 2.75) is 13.1 Å². The Bertz CT molecular complexity index is 365. The minimum Gasteiger partial charge on any atom is -0.350 e. The summed E-state index contributed by atoms with van der Waals surface area (Å²) in [6.07, 6.45) is -2.87. The zero-order valence-corrected chi connectivity index (χ0v) is 8.84. The molecule has 0 spiro atoms. The standard InChI is InChI=1S/C8H12F3N5/c1-5-3-13-7(15-12)14-6(5)16(2)4-8(9,10)11/h3H,4,12H2,1-2H3,(H,13,14,15). The highest BCUT2D eigenvalue weighted by Gasteiger charge is 2.30. The highest BCUT2D eigenvalue weighted by Crippen LogP contribution is 2.22. The van der Waals surface area contributed by atoms with Gasteiger partial charge >= 0.3 is 6.18 Å². The van der Waals surface area contributed by atoms with E-state index in [2.05, 4.69) is 15.4 Å². The molecular weight excluding hydrogens is 223 g/mol. The van der Waals surface area contributed by atoms with Crippen molar-refractivity contribution < 1.29 is 13.2 Å². The SMILES string of the molecule is Cc1cnc(NN)nc1N(C)CC(F)(F)F. The van der Waals surface area contributed by atoms with E-state index in [1.54, 1.807) is 6.92 Å². The Morgan fingerprint density at radius 3 is 2.62 bits per heavy atom. The van der Waals surface area contributed by atoms with Crippen molar-refractivity contribution in [1.29, 1.82) is 0 Å². The van der Waals surface area contributed by atoms with Gasteiger partial charge in [-0.15, -0.1) is 0 Å². The van der Waals surface area contributed by atoms with Gasteiger partial charge in [0.2, 0.25) is 5.95 Å². The number of nitrogens with two attached hydrogens (primary N) is 1. The van der Waals surface area contributed by atoms with Crippen LogP contribution in [-0.2, 0) is 0 Å². The summed E-state index contributed by atoms with van der Waals surface area (Å²) in [5.74, 6) is 5.35. The molecule has 0 saturated heterocycles. The van der Waals surface area contributed by atoms with E-state index in [1.807, 2.05) is 0 Å². The molecule has 0 bridgehead atoms. The molecule has 1 heterocycles. The molecule has 0 saturated carbocycles. The Morgan fingerprint density at radius 1 is 1.50 bits per heavy atom. The summed E-state index contributed by atoms with van der Waals surface area (Å²) in [7, 11) is 1.31. The Morgan fingerprint density at radius 2 is 2.12 bits per heavy atom. The van der Waals surface area contributed by atoms with Crippen molar-refractivity contribution in [3.63, 3.8) is 0 Å². The van der Waals surface area contributed by atoms with Gasteiger partial charge in [-0.3, -0.25) is 5.43 Å². The first-order valence-electron chi connectivity index (χ1n) is 4.41. The molecule has 5 nitrogen and oxygen atoms in total. The first kappa shape index (κ1) is 12.5. The maximum Gasteiger partial charge on any atom is 0.405 e. The van der Waals surface area contributed by atoms with Crippen LogP contribution < -0.4 is 16.2 Å². The van der Waals surface area contributed by atoms with Crippen LogP contribution in [0.2, 0.25) is 0 Å². The summed E-state index contributed by atoms with van der Waals surface area (Å²) >= 11 is 0. The monoisotopic (exact) mass is 235 g/mol. The summed E-state index contributed by atoms with van der Waals surface area (Å²) in [6.45, 7) is 0.553. The number of hydrogen-bond acceptors (Lipinski definition) is 5. The molecule has 0 aliphatic heterocycles. The molecule has 0 radical (unpaired) electrons. The summed E-state index contributed by atoms with van der Waals surface area (Å²) in [4.78, 5) is 8.63. The fourth-order valence-corrected chi connectivity index (χ4v) is 1.23. The van der Waals surface area contributed by atoms with Crippen molar-refractivity contribution in [2.24, 2.45) is 5.84 Å². The van der Waals surface area contributed by atoms with E-state index in [4.69, 9.17) is 5.84 Å².